The average Bonchev–Trinajstić information content (AvgIpc) is 3.36. The summed E-state index contributed by atoms with van der Waals surface area (Å²) in [6.07, 6.45) is 0.293. The molecule has 1 saturated heterocycles. The third-order valence-electron chi connectivity index (χ3n) is 7.76. The molecule has 4 aromatic rings. The molecule has 2 amide bonds. The van der Waals surface area contributed by atoms with Crippen molar-refractivity contribution < 1.29 is 19.1 Å². The largest absolute Gasteiger partial charge is 0.448 e. The molecule has 6 rings (SSSR count). The maximum atomic E-state index is 13.1. The quantitative estimate of drug-likeness (QED) is 0.299. The Balaban J connectivity index is 1.10. The number of pyridine rings is 1. The number of rotatable bonds is 7. The van der Waals surface area contributed by atoms with Gasteiger partial charge in [-0.2, -0.15) is 0 Å². The number of halogens is 1. The molecule has 0 radical (unpaired) electrons. The third kappa shape index (κ3) is 6.08. The van der Waals surface area contributed by atoms with Crippen molar-refractivity contribution in [2.75, 3.05) is 40.3 Å². The summed E-state index contributed by atoms with van der Waals surface area (Å²) in [5.74, 6) is -0.330. The normalized spacial score (nSPS) is 17.6. The highest BCUT2D eigenvalue weighted by molar-refractivity contribution is 6.29. The number of carbonyl (C=O) groups excluding carboxylic acids is 2. The van der Waals surface area contributed by atoms with Gasteiger partial charge in [-0.25, -0.2) is 19.7 Å². The Hall–Kier alpha value is -4.38. The summed E-state index contributed by atoms with van der Waals surface area (Å²) in [6, 6.07) is 21.7. The van der Waals surface area contributed by atoms with Gasteiger partial charge < -0.3 is 25.0 Å². The maximum Gasteiger partial charge on any atom is 0.409 e. The molecule has 220 valence electrons. The van der Waals surface area contributed by atoms with Crippen LogP contribution >= 0.6 is 11.6 Å². The van der Waals surface area contributed by atoms with Gasteiger partial charge in [0.2, 0.25) is 0 Å². The molecule has 10 nitrogen and oxygen atoms in total. The lowest BCUT2D eigenvalue weighted by molar-refractivity contribution is -0.0494. The summed E-state index contributed by atoms with van der Waals surface area (Å²) in [5.41, 5.74) is 6.70. The van der Waals surface area contributed by atoms with Crippen LogP contribution in [0.5, 0.6) is 0 Å². The Morgan fingerprint density at radius 2 is 1.74 bits per heavy atom. The summed E-state index contributed by atoms with van der Waals surface area (Å²) in [5, 5.41) is 6.22. The van der Waals surface area contributed by atoms with Crippen molar-refractivity contribution in [3.63, 3.8) is 0 Å². The topological polar surface area (TPSA) is 119 Å². The van der Waals surface area contributed by atoms with Crippen LogP contribution in [0, 0.1) is 0 Å². The molecule has 0 saturated carbocycles. The molecule has 1 aliphatic carbocycles. The monoisotopic (exact) mass is 598 g/mol. The van der Waals surface area contributed by atoms with E-state index in [0.717, 1.165) is 5.56 Å². The Kier molecular flexibility index (Phi) is 8.33. The van der Waals surface area contributed by atoms with Crippen molar-refractivity contribution in [1.82, 2.24) is 30.5 Å². The van der Waals surface area contributed by atoms with Crippen molar-refractivity contribution in [2.45, 2.75) is 18.1 Å². The van der Waals surface area contributed by atoms with Crippen molar-refractivity contribution in [1.29, 1.82) is 0 Å². The van der Waals surface area contributed by atoms with Gasteiger partial charge in [0.15, 0.2) is 0 Å². The van der Waals surface area contributed by atoms with E-state index in [1.807, 2.05) is 30.3 Å². The van der Waals surface area contributed by atoms with Crippen LogP contribution in [0.3, 0.4) is 0 Å². The van der Waals surface area contributed by atoms with Gasteiger partial charge in [-0.15, -0.1) is 0 Å². The smallest absolute Gasteiger partial charge is 0.409 e. The minimum Gasteiger partial charge on any atom is -0.448 e. The third-order valence-corrected chi connectivity index (χ3v) is 7.95. The van der Waals surface area contributed by atoms with E-state index in [4.69, 9.17) is 21.1 Å². The lowest BCUT2D eigenvalue weighted by Crippen LogP contribution is -2.47. The first-order valence-corrected chi connectivity index (χ1v) is 14.4. The number of likely N-dealkylation sites (N-methyl/N-ethyl adjacent to an activating group) is 1. The number of carbonyl (C=O) groups is 2. The maximum absolute atomic E-state index is 13.1. The minimum absolute atomic E-state index is 0.00492. The fourth-order valence-electron chi connectivity index (χ4n) is 5.68. The summed E-state index contributed by atoms with van der Waals surface area (Å²) in [7, 11) is 3.25. The predicted octanol–water partition coefficient (Wildman–Crippen LogP) is 4.46. The number of amides is 2. The number of hydrogen-bond donors (Lipinski definition) is 2. The zero-order chi connectivity index (χ0) is 29.9. The van der Waals surface area contributed by atoms with Crippen LogP contribution in [-0.2, 0) is 9.47 Å². The summed E-state index contributed by atoms with van der Waals surface area (Å²) < 4.78 is 12.2. The molecule has 3 heterocycles. The molecule has 43 heavy (non-hydrogen) atoms. The molecule has 2 atom stereocenters. The second kappa shape index (κ2) is 12.5. The van der Waals surface area contributed by atoms with E-state index in [-0.39, 0.29) is 41.5 Å². The standard InChI is InChI=1S/C32H31ClN6O4/c1-34-31(40)28-13-26(36-18-37-28)27-11-19(12-30(33)38-27)29-15-35-14-20(43-29)16-39(2)32(41)42-17-25-23-9-5-3-7-21(23)22-8-4-6-10-24(22)25/h3-13,18,20,25,29,35H,14-17H2,1-2H3,(H,34,40). The molecule has 2 N–H and O–H groups in total. The number of nitrogens with one attached hydrogen (secondary N) is 2. The number of hydrogen-bond acceptors (Lipinski definition) is 8. The average molecular weight is 599 g/mol. The molecule has 2 aliphatic rings. The van der Waals surface area contributed by atoms with Gasteiger partial charge in [-0.05, 0) is 46.0 Å². The van der Waals surface area contributed by atoms with Crippen LogP contribution in [0.15, 0.2) is 73.1 Å². The molecule has 2 aromatic carbocycles. The minimum atomic E-state index is -0.405. The molecule has 2 aromatic heterocycles. The van der Waals surface area contributed by atoms with Gasteiger partial charge >= 0.3 is 6.09 Å². The lowest BCUT2D eigenvalue weighted by atomic mass is 9.98. The molecule has 1 fully saturated rings. The molecule has 11 heteroatoms. The Morgan fingerprint density at radius 1 is 1.02 bits per heavy atom. The highest BCUT2D eigenvalue weighted by atomic mass is 35.5. The Bertz CT molecular complexity index is 1620. The number of ether oxygens (including phenoxy) is 2. The van der Waals surface area contributed by atoms with E-state index in [1.54, 1.807) is 24.1 Å². The van der Waals surface area contributed by atoms with Crippen molar-refractivity contribution in [3.8, 4) is 22.5 Å². The zero-order valence-electron chi connectivity index (χ0n) is 23.8. The Labute approximate surface area is 254 Å². The van der Waals surface area contributed by atoms with Crippen LogP contribution in [0.2, 0.25) is 5.15 Å². The van der Waals surface area contributed by atoms with Crippen molar-refractivity contribution in [3.05, 3.63) is 101 Å². The van der Waals surface area contributed by atoms with E-state index < -0.39 is 6.09 Å². The zero-order valence-corrected chi connectivity index (χ0v) is 24.5. The van der Waals surface area contributed by atoms with E-state index >= 15 is 0 Å². The van der Waals surface area contributed by atoms with Gasteiger partial charge in [0.1, 0.15) is 23.8 Å². The van der Waals surface area contributed by atoms with E-state index in [2.05, 4.69) is 49.9 Å². The van der Waals surface area contributed by atoms with Crippen LogP contribution < -0.4 is 10.6 Å². The number of benzene rings is 2. The molecule has 0 bridgehead atoms. The molecular formula is C32H31ClN6O4. The van der Waals surface area contributed by atoms with E-state index in [9.17, 15) is 9.59 Å². The Morgan fingerprint density at radius 3 is 2.47 bits per heavy atom. The molecule has 0 spiro atoms. The highest BCUT2D eigenvalue weighted by Crippen LogP contribution is 2.44. The molecule has 1 aliphatic heterocycles. The van der Waals surface area contributed by atoms with Crippen LogP contribution in [0.25, 0.3) is 22.5 Å². The predicted molar refractivity (Wildman–Crippen MR) is 162 cm³/mol. The molecule has 2 unspecified atom stereocenters. The number of fused-ring (bicyclic) bond motifs is 3. The highest BCUT2D eigenvalue weighted by Gasteiger charge is 2.31. The van der Waals surface area contributed by atoms with Crippen LogP contribution in [0.1, 0.15) is 39.2 Å². The summed E-state index contributed by atoms with van der Waals surface area (Å²) >= 11 is 6.38. The SMILES string of the molecule is CNC(=O)c1cc(-c2cc(C3CNCC(CN(C)C(=O)OCC4c5ccccc5-c5ccccc54)O3)cc(Cl)n2)ncn1. The number of aromatic nitrogens is 3. The first kappa shape index (κ1) is 28.7. The first-order chi connectivity index (χ1) is 20.9. The van der Waals surface area contributed by atoms with Crippen molar-refractivity contribution >= 4 is 23.6 Å². The first-order valence-electron chi connectivity index (χ1n) is 14.1. The van der Waals surface area contributed by atoms with Gasteiger partial charge in [0, 0.05) is 33.1 Å². The molecular weight excluding hydrogens is 568 g/mol. The lowest BCUT2D eigenvalue weighted by Gasteiger charge is -2.33. The van der Waals surface area contributed by atoms with Gasteiger partial charge in [0.05, 0.1) is 30.1 Å². The second-order valence-corrected chi connectivity index (χ2v) is 11.0. The van der Waals surface area contributed by atoms with Crippen LogP contribution in [0.4, 0.5) is 4.79 Å². The van der Waals surface area contributed by atoms with Gasteiger partial charge in [-0.3, -0.25) is 4.79 Å². The van der Waals surface area contributed by atoms with Crippen LogP contribution in [-0.4, -0.2) is 78.3 Å². The fourth-order valence-corrected chi connectivity index (χ4v) is 5.89. The van der Waals surface area contributed by atoms with E-state index in [1.165, 1.54) is 35.6 Å². The van der Waals surface area contributed by atoms with E-state index in [0.29, 0.717) is 31.0 Å². The second-order valence-electron chi connectivity index (χ2n) is 10.6. The van der Waals surface area contributed by atoms with Crippen molar-refractivity contribution in [2.24, 2.45) is 0 Å². The van der Waals surface area contributed by atoms with Gasteiger partial charge in [0.25, 0.3) is 5.91 Å². The summed E-state index contributed by atoms with van der Waals surface area (Å²) in [4.78, 5) is 39.3. The van der Waals surface area contributed by atoms with Gasteiger partial charge in [-0.1, -0.05) is 60.1 Å². The number of nitrogens with zero attached hydrogens (tertiary/aromatic N) is 4. The number of morpholine rings is 1. The summed E-state index contributed by atoms with van der Waals surface area (Å²) in [6.45, 7) is 1.72. The fraction of sp³-hybridized carbons (Fsp3) is 0.281.